The fourth-order valence-electron chi connectivity index (χ4n) is 3.30. The number of anilines is 1. The molecule has 6 heteroatoms. The molecule has 1 aliphatic rings. The Morgan fingerprint density at radius 1 is 1.32 bits per heavy atom. The number of thiophene rings is 1. The number of pyridine rings is 1. The maximum Gasteiger partial charge on any atom is 0.142 e. The molecule has 3 aromatic heterocycles. The second kappa shape index (κ2) is 6.71. The second-order valence-corrected chi connectivity index (χ2v) is 7.22. The van der Waals surface area contributed by atoms with Gasteiger partial charge in [0.05, 0.1) is 11.4 Å². The van der Waals surface area contributed by atoms with Gasteiger partial charge in [0.1, 0.15) is 17.5 Å². The van der Waals surface area contributed by atoms with E-state index in [1.165, 1.54) is 31.5 Å². The van der Waals surface area contributed by atoms with Gasteiger partial charge in [0, 0.05) is 23.2 Å². The van der Waals surface area contributed by atoms with Gasteiger partial charge in [0.2, 0.25) is 0 Å². The van der Waals surface area contributed by atoms with Crippen molar-refractivity contribution >= 4 is 17.2 Å². The number of H-pyrrole nitrogens is 1. The van der Waals surface area contributed by atoms with Crippen LogP contribution < -0.4 is 5.73 Å². The topological polar surface area (TPSA) is 81.7 Å². The van der Waals surface area contributed by atoms with Crippen molar-refractivity contribution in [1.29, 1.82) is 5.26 Å². The number of aromatic nitrogens is 2. The smallest absolute Gasteiger partial charge is 0.142 e. The van der Waals surface area contributed by atoms with E-state index in [9.17, 15) is 5.26 Å². The molecule has 0 spiro atoms. The van der Waals surface area contributed by atoms with Crippen molar-refractivity contribution in [1.82, 2.24) is 14.9 Å². The van der Waals surface area contributed by atoms with Gasteiger partial charge in [-0.3, -0.25) is 4.90 Å². The monoisotopic (exact) mass is 349 g/mol. The third-order valence-corrected chi connectivity index (χ3v) is 5.57. The Morgan fingerprint density at radius 3 is 2.88 bits per heavy atom. The van der Waals surface area contributed by atoms with Crippen molar-refractivity contribution < 1.29 is 0 Å². The molecule has 3 N–H and O–H groups in total. The van der Waals surface area contributed by atoms with Gasteiger partial charge in [0.15, 0.2) is 0 Å². The van der Waals surface area contributed by atoms with Crippen LogP contribution in [0.5, 0.6) is 0 Å². The molecule has 1 saturated heterocycles. The Hall–Kier alpha value is -2.62. The van der Waals surface area contributed by atoms with E-state index in [0.717, 1.165) is 28.4 Å². The minimum atomic E-state index is 0.277. The lowest BCUT2D eigenvalue weighted by Gasteiger charge is -2.12. The van der Waals surface area contributed by atoms with Gasteiger partial charge >= 0.3 is 0 Å². The number of aromatic amines is 1. The predicted octanol–water partition coefficient (Wildman–Crippen LogP) is 3.85. The molecule has 126 valence electrons. The summed E-state index contributed by atoms with van der Waals surface area (Å²) in [6, 6.07) is 10.2. The third kappa shape index (κ3) is 3.16. The lowest BCUT2D eigenvalue weighted by Crippen LogP contribution is -2.17. The molecule has 0 unspecified atom stereocenters. The normalized spacial score (nSPS) is 14.7. The van der Waals surface area contributed by atoms with Crippen molar-refractivity contribution in [2.75, 3.05) is 18.8 Å². The first-order valence-electron chi connectivity index (χ1n) is 8.39. The summed E-state index contributed by atoms with van der Waals surface area (Å²) in [6.45, 7) is 3.32. The number of likely N-dealkylation sites (tertiary alicyclic amines) is 1. The number of rotatable bonds is 4. The van der Waals surface area contributed by atoms with Crippen LogP contribution in [-0.2, 0) is 6.54 Å². The van der Waals surface area contributed by atoms with Gasteiger partial charge in [-0.05, 0) is 61.1 Å². The van der Waals surface area contributed by atoms with E-state index in [4.69, 9.17) is 5.73 Å². The van der Waals surface area contributed by atoms with Crippen LogP contribution in [0.15, 0.2) is 35.8 Å². The Labute approximate surface area is 150 Å². The maximum absolute atomic E-state index is 9.54. The fraction of sp³-hybridized carbons (Fsp3) is 0.263. The predicted molar refractivity (Wildman–Crippen MR) is 101 cm³/mol. The molecule has 0 radical (unpaired) electrons. The average molecular weight is 349 g/mol. The van der Waals surface area contributed by atoms with Gasteiger partial charge in [-0.1, -0.05) is 0 Å². The molecule has 0 aliphatic carbocycles. The second-order valence-electron chi connectivity index (χ2n) is 6.31. The SMILES string of the molecule is N#Cc1c(-c2cc(CN3CCCC3)cs2)cc(-c2ccc[nH]2)nc1N. The molecule has 1 aliphatic heterocycles. The van der Waals surface area contributed by atoms with Gasteiger partial charge in [-0.2, -0.15) is 5.26 Å². The van der Waals surface area contributed by atoms with E-state index in [1.54, 1.807) is 11.3 Å². The number of nitrogens with one attached hydrogen (secondary N) is 1. The first kappa shape index (κ1) is 15.9. The highest BCUT2D eigenvalue weighted by Gasteiger charge is 2.17. The molecule has 1 fully saturated rings. The molecule has 0 aromatic carbocycles. The fourth-order valence-corrected chi connectivity index (χ4v) is 4.23. The number of nitrogens with two attached hydrogens (primary N) is 1. The first-order valence-corrected chi connectivity index (χ1v) is 9.27. The van der Waals surface area contributed by atoms with E-state index in [0.29, 0.717) is 5.56 Å². The summed E-state index contributed by atoms with van der Waals surface area (Å²) >= 11 is 1.66. The van der Waals surface area contributed by atoms with Crippen LogP contribution in [-0.4, -0.2) is 28.0 Å². The molecule has 4 heterocycles. The van der Waals surface area contributed by atoms with Gasteiger partial charge in [-0.15, -0.1) is 11.3 Å². The minimum absolute atomic E-state index is 0.277. The van der Waals surface area contributed by atoms with Crippen molar-refractivity contribution in [3.8, 4) is 27.9 Å². The Bertz CT molecular complexity index is 914. The zero-order valence-corrected chi connectivity index (χ0v) is 14.6. The van der Waals surface area contributed by atoms with Crippen LogP contribution in [0.2, 0.25) is 0 Å². The molecular formula is C19H19N5S. The summed E-state index contributed by atoms with van der Waals surface area (Å²) in [6.07, 6.45) is 4.43. The van der Waals surface area contributed by atoms with E-state index >= 15 is 0 Å². The molecule has 4 rings (SSSR count). The van der Waals surface area contributed by atoms with Crippen molar-refractivity contribution in [2.24, 2.45) is 0 Å². The number of hydrogen-bond donors (Lipinski definition) is 2. The van der Waals surface area contributed by atoms with E-state index < -0.39 is 0 Å². The zero-order chi connectivity index (χ0) is 17.2. The number of nitrogen functional groups attached to an aromatic ring is 1. The quantitative estimate of drug-likeness (QED) is 0.749. The standard InChI is InChI=1S/C19H19N5S/c20-10-15-14(9-17(23-19(15)21)16-4-3-5-22-16)18-8-13(12-25-18)11-24-6-1-2-7-24/h3-5,8-9,12,22H,1-2,6-7,11H2,(H2,21,23). The van der Waals surface area contributed by atoms with Gasteiger partial charge in [-0.25, -0.2) is 4.98 Å². The van der Waals surface area contributed by atoms with E-state index in [2.05, 4.69) is 32.4 Å². The molecule has 0 amide bonds. The van der Waals surface area contributed by atoms with Crippen LogP contribution in [0.25, 0.3) is 21.8 Å². The molecule has 0 atom stereocenters. The molecule has 5 nitrogen and oxygen atoms in total. The maximum atomic E-state index is 9.54. The average Bonchev–Trinajstić information content (AvgIpc) is 3.37. The molecule has 25 heavy (non-hydrogen) atoms. The number of nitriles is 1. The molecular weight excluding hydrogens is 330 g/mol. The highest BCUT2D eigenvalue weighted by atomic mass is 32.1. The Morgan fingerprint density at radius 2 is 2.16 bits per heavy atom. The van der Waals surface area contributed by atoms with Crippen LogP contribution in [0, 0.1) is 11.3 Å². The van der Waals surface area contributed by atoms with Gasteiger partial charge < -0.3 is 10.7 Å². The molecule has 0 bridgehead atoms. The Kier molecular flexibility index (Phi) is 4.26. The van der Waals surface area contributed by atoms with Crippen LogP contribution >= 0.6 is 11.3 Å². The number of nitrogens with zero attached hydrogens (tertiary/aromatic N) is 3. The molecule has 0 saturated carbocycles. The summed E-state index contributed by atoms with van der Waals surface area (Å²) in [7, 11) is 0. The largest absolute Gasteiger partial charge is 0.383 e. The summed E-state index contributed by atoms with van der Waals surface area (Å²) < 4.78 is 0. The van der Waals surface area contributed by atoms with Crippen molar-refractivity contribution in [3.05, 3.63) is 47.0 Å². The summed E-state index contributed by atoms with van der Waals surface area (Å²) in [5, 5.41) is 11.7. The minimum Gasteiger partial charge on any atom is -0.383 e. The third-order valence-electron chi connectivity index (χ3n) is 4.56. The van der Waals surface area contributed by atoms with Crippen molar-refractivity contribution in [2.45, 2.75) is 19.4 Å². The summed E-state index contributed by atoms with van der Waals surface area (Å²) in [5.74, 6) is 0.277. The highest BCUT2D eigenvalue weighted by molar-refractivity contribution is 7.13. The zero-order valence-electron chi connectivity index (χ0n) is 13.8. The van der Waals surface area contributed by atoms with Crippen LogP contribution in [0.4, 0.5) is 5.82 Å². The summed E-state index contributed by atoms with van der Waals surface area (Å²) in [4.78, 5) is 11.1. The van der Waals surface area contributed by atoms with Crippen LogP contribution in [0.1, 0.15) is 24.0 Å². The summed E-state index contributed by atoms with van der Waals surface area (Å²) in [5.41, 5.74) is 10.3. The highest BCUT2D eigenvalue weighted by Crippen LogP contribution is 2.35. The lowest BCUT2D eigenvalue weighted by molar-refractivity contribution is 0.332. The van der Waals surface area contributed by atoms with E-state index in [1.807, 2.05) is 24.4 Å². The number of hydrogen-bond acceptors (Lipinski definition) is 5. The van der Waals surface area contributed by atoms with E-state index in [-0.39, 0.29) is 5.82 Å². The van der Waals surface area contributed by atoms with Gasteiger partial charge in [0.25, 0.3) is 0 Å². The van der Waals surface area contributed by atoms with Crippen molar-refractivity contribution in [3.63, 3.8) is 0 Å². The Balaban J connectivity index is 1.71. The first-order chi connectivity index (χ1) is 12.2. The lowest BCUT2D eigenvalue weighted by atomic mass is 10.1. The molecule has 3 aromatic rings. The van der Waals surface area contributed by atoms with Crippen LogP contribution in [0.3, 0.4) is 0 Å².